The van der Waals surface area contributed by atoms with E-state index in [1.54, 1.807) is 38.6 Å². The Hall–Kier alpha value is -1.58. The third-order valence-corrected chi connectivity index (χ3v) is 1.24. The van der Waals surface area contributed by atoms with Gasteiger partial charge >= 0.3 is 6.09 Å². The van der Waals surface area contributed by atoms with Crippen molar-refractivity contribution in [2.24, 2.45) is 0 Å². The molecule has 0 unspecified atom stereocenters. The zero-order valence-electron chi connectivity index (χ0n) is 7.10. The third-order valence-electron chi connectivity index (χ3n) is 1.24. The first kappa shape index (κ1) is 8.52. The summed E-state index contributed by atoms with van der Waals surface area (Å²) in [5, 5.41) is 0. The van der Waals surface area contributed by atoms with Crippen LogP contribution in [0.4, 0.5) is 4.79 Å². The molecule has 0 aromatic carbocycles. The summed E-state index contributed by atoms with van der Waals surface area (Å²) in [6.45, 7) is 0. The van der Waals surface area contributed by atoms with Gasteiger partial charge in [-0.15, -0.1) is 0 Å². The number of aromatic nitrogens is 1. The predicted molar refractivity (Wildman–Crippen MR) is 42.3 cm³/mol. The molecule has 1 amide bonds. The van der Waals surface area contributed by atoms with Crippen LogP contribution in [0.1, 0.15) is 0 Å². The molecule has 0 aliphatic heterocycles. The summed E-state index contributed by atoms with van der Waals surface area (Å²) in [7, 11) is 3.26. The van der Waals surface area contributed by atoms with Gasteiger partial charge in [0.05, 0.1) is 0 Å². The van der Waals surface area contributed by atoms with Crippen LogP contribution in [0.5, 0.6) is 0 Å². The van der Waals surface area contributed by atoms with E-state index in [0.29, 0.717) is 0 Å². The van der Waals surface area contributed by atoms with Gasteiger partial charge in [-0.3, -0.25) is 0 Å². The molecule has 0 spiro atoms. The van der Waals surface area contributed by atoms with Crippen molar-refractivity contribution >= 4 is 6.09 Å². The van der Waals surface area contributed by atoms with E-state index < -0.39 is 6.09 Å². The standard InChI is InChI=1S/C8H11N2O2/c1-9(2)8(11)12-10-6-4-3-5-7-10/h3-7H,1-2H3/q+1. The zero-order chi connectivity index (χ0) is 8.97. The second-order valence-electron chi connectivity index (χ2n) is 2.49. The van der Waals surface area contributed by atoms with E-state index in [1.165, 1.54) is 9.63 Å². The van der Waals surface area contributed by atoms with Gasteiger partial charge in [0.25, 0.3) is 0 Å². The second-order valence-corrected chi connectivity index (χ2v) is 2.49. The Morgan fingerprint density at radius 1 is 1.25 bits per heavy atom. The molecule has 1 aromatic heterocycles. The molecule has 0 saturated heterocycles. The first-order valence-corrected chi connectivity index (χ1v) is 3.56. The number of amides is 1. The third kappa shape index (κ3) is 2.23. The molecule has 0 fully saturated rings. The first-order chi connectivity index (χ1) is 5.70. The predicted octanol–water partition coefficient (Wildman–Crippen LogP) is 0.0843. The molecule has 64 valence electrons. The van der Waals surface area contributed by atoms with Crippen LogP contribution in [0.15, 0.2) is 30.6 Å². The lowest BCUT2D eigenvalue weighted by molar-refractivity contribution is -0.869. The maximum absolute atomic E-state index is 11.0. The normalized spacial score (nSPS) is 9.17. The molecule has 12 heavy (non-hydrogen) atoms. The quantitative estimate of drug-likeness (QED) is 0.555. The highest BCUT2D eigenvalue weighted by Gasteiger charge is 2.11. The van der Waals surface area contributed by atoms with Crippen molar-refractivity contribution in [2.45, 2.75) is 0 Å². The lowest BCUT2D eigenvalue weighted by atomic mass is 10.5. The van der Waals surface area contributed by atoms with E-state index >= 15 is 0 Å². The van der Waals surface area contributed by atoms with Gasteiger partial charge in [0.1, 0.15) is 0 Å². The van der Waals surface area contributed by atoms with Gasteiger partial charge in [-0.1, -0.05) is 6.07 Å². The van der Waals surface area contributed by atoms with Crippen molar-refractivity contribution in [3.05, 3.63) is 30.6 Å². The lowest BCUT2D eigenvalue weighted by Gasteiger charge is -2.04. The SMILES string of the molecule is CN(C)C(=O)O[n+]1ccccc1. The monoisotopic (exact) mass is 167 g/mol. The molecule has 0 atom stereocenters. The summed E-state index contributed by atoms with van der Waals surface area (Å²) in [6, 6.07) is 5.41. The molecule has 1 aromatic rings. The van der Waals surface area contributed by atoms with E-state index in [9.17, 15) is 4.79 Å². The van der Waals surface area contributed by atoms with Crippen molar-refractivity contribution in [3.8, 4) is 0 Å². The molecular weight excluding hydrogens is 156 g/mol. The molecule has 4 nitrogen and oxygen atoms in total. The van der Waals surface area contributed by atoms with E-state index in [2.05, 4.69) is 0 Å². The smallest absolute Gasteiger partial charge is 0.309 e. The molecule has 4 heteroatoms. The first-order valence-electron chi connectivity index (χ1n) is 3.56. The van der Waals surface area contributed by atoms with Gasteiger partial charge < -0.3 is 4.90 Å². The van der Waals surface area contributed by atoms with E-state index in [4.69, 9.17) is 4.84 Å². The number of hydrogen-bond donors (Lipinski definition) is 0. The van der Waals surface area contributed by atoms with Gasteiger partial charge in [0.2, 0.25) is 12.4 Å². The summed E-state index contributed by atoms with van der Waals surface area (Å²) in [6.07, 6.45) is 2.91. The average Bonchev–Trinajstić information content (AvgIpc) is 2.06. The number of nitrogens with zero attached hydrogens (tertiary/aromatic N) is 2. The topological polar surface area (TPSA) is 33.4 Å². The summed E-state index contributed by atoms with van der Waals surface area (Å²) in [5.41, 5.74) is 0. The minimum atomic E-state index is -0.397. The molecule has 1 rings (SSSR count). The molecule has 0 saturated carbocycles. The Bertz CT molecular complexity index is 259. The molecule has 0 N–H and O–H groups in total. The van der Waals surface area contributed by atoms with Crippen molar-refractivity contribution < 1.29 is 14.4 Å². The van der Waals surface area contributed by atoms with Crippen LogP contribution in [0.25, 0.3) is 0 Å². The van der Waals surface area contributed by atoms with Gasteiger partial charge in [0.15, 0.2) is 0 Å². The number of carbonyl (C=O) groups excluding carboxylic acids is 1. The van der Waals surface area contributed by atoms with Gasteiger partial charge in [0, 0.05) is 31.0 Å². The molecule has 0 aliphatic carbocycles. The number of carbonyl (C=O) groups is 1. The van der Waals surface area contributed by atoms with Crippen molar-refractivity contribution in [1.29, 1.82) is 0 Å². The summed E-state index contributed by atoms with van der Waals surface area (Å²) >= 11 is 0. The Morgan fingerprint density at radius 3 is 2.33 bits per heavy atom. The fourth-order valence-electron chi connectivity index (χ4n) is 0.616. The highest BCUT2D eigenvalue weighted by Crippen LogP contribution is 1.78. The van der Waals surface area contributed by atoms with Gasteiger partial charge in [-0.05, 0) is 0 Å². The Morgan fingerprint density at radius 2 is 1.83 bits per heavy atom. The molecular formula is C8H11N2O2+. The van der Waals surface area contributed by atoms with Crippen LogP contribution < -0.4 is 9.57 Å². The van der Waals surface area contributed by atoms with Crippen LogP contribution in [0, 0.1) is 0 Å². The molecule has 1 heterocycles. The minimum Gasteiger partial charge on any atom is -0.309 e. The van der Waals surface area contributed by atoms with Crippen LogP contribution in [0.2, 0.25) is 0 Å². The van der Waals surface area contributed by atoms with E-state index in [-0.39, 0.29) is 0 Å². The van der Waals surface area contributed by atoms with E-state index in [1.807, 2.05) is 6.07 Å². The highest BCUT2D eigenvalue weighted by atomic mass is 16.7. The van der Waals surface area contributed by atoms with Crippen molar-refractivity contribution in [3.63, 3.8) is 0 Å². The maximum Gasteiger partial charge on any atom is 0.477 e. The number of hydrogen-bond acceptors (Lipinski definition) is 2. The summed E-state index contributed by atoms with van der Waals surface area (Å²) in [5.74, 6) is 0. The Balaban J connectivity index is 2.59. The minimum absolute atomic E-state index is 0.397. The summed E-state index contributed by atoms with van der Waals surface area (Å²) < 4.78 is 1.35. The molecule has 0 radical (unpaired) electrons. The van der Waals surface area contributed by atoms with E-state index in [0.717, 1.165) is 0 Å². The number of pyridine rings is 1. The highest BCUT2D eigenvalue weighted by molar-refractivity contribution is 5.66. The van der Waals surface area contributed by atoms with Crippen molar-refractivity contribution in [1.82, 2.24) is 4.90 Å². The number of rotatable bonds is 1. The Kier molecular flexibility index (Phi) is 2.63. The molecule has 0 bridgehead atoms. The largest absolute Gasteiger partial charge is 0.477 e. The van der Waals surface area contributed by atoms with Crippen LogP contribution in [0.3, 0.4) is 0 Å². The second kappa shape index (κ2) is 3.71. The lowest BCUT2D eigenvalue weighted by Crippen LogP contribution is -2.48. The molecule has 0 aliphatic rings. The fourth-order valence-corrected chi connectivity index (χ4v) is 0.616. The fraction of sp³-hybridized carbons (Fsp3) is 0.250. The van der Waals surface area contributed by atoms with Crippen molar-refractivity contribution in [2.75, 3.05) is 14.1 Å². The zero-order valence-corrected chi connectivity index (χ0v) is 7.10. The van der Waals surface area contributed by atoms with Crippen LogP contribution >= 0.6 is 0 Å². The van der Waals surface area contributed by atoms with Crippen LogP contribution in [-0.4, -0.2) is 25.1 Å². The summed E-state index contributed by atoms with van der Waals surface area (Å²) in [4.78, 5) is 17.2. The van der Waals surface area contributed by atoms with Crippen LogP contribution in [-0.2, 0) is 0 Å². The Labute approximate surface area is 70.9 Å². The van der Waals surface area contributed by atoms with Gasteiger partial charge in [-0.2, -0.15) is 4.84 Å². The average molecular weight is 167 g/mol. The van der Waals surface area contributed by atoms with Gasteiger partial charge in [-0.25, -0.2) is 4.79 Å². The maximum atomic E-state index is 11.0.